The number of phenolic OH excluding ortho intramolecular Hbond substituents is 1. The molecule has 1 aromatic heterocycles. The summed E-state index contributed by atoms with van der Waals surface area (Å²) in [6.45, 7) is 15.7. The number of nitrogens with zero attached hydrogens (tertiary/aromatic N) is 3. The van der Waals surface area contributed by atoms with Crippen LogP contribution in [0.5, 0.6) is 5.75 Å². The maximum Gasteiger partial charge on any atom is 0.147 e. The van der Waals surface area contributed by atoms with Crippen LogP contribution < -0.4 is 0 Å². The highest BCUT2D eigenvalue weighted by atomic mass is 16.3. The molecule has 4 aromatic rings. The molecule has 0 radical (unpaired) electrons. The van der Waals surface area contributed by atoms with Crippen LogP contribution in [0.15, 0.2) is 66.7 Å². The summed E-state index contributed by atoms with van der Waals surface area (Å²) >= 11 is 0. The third-order valence-corrected chi connectivity index (χ3v) is 6.74. The number of fused-ring (bicyclic) bond motifs is 1. The fraction of sp³-hybridized carbons (Fsp3) is 0.379. The second-order valence-electron chi connectivity index (χ2n) is 11.0. The number of phenols is 1. The van der Waals surface area contributed by atoms with Crippen LogP contribution in [0.25, 0.3) is 16.7 Å². The van der Waals surface area contributed by atoms with Crippen molar-refractivity contribution in [3.63, 3.8) is 0 Å². The normalized spacial score (nSPS) is 13.6. The summed E-state index contributed by atoms with van der Waals surface area (Å²) in [5.41, 5.74) is 5.13. The Morgan fingerprint density at radius 1 is 0.788 bits per heavy atom. The zero-order valence-corrected chi connectivity index (χ0v) is 20.8. The number of aromatic nitrogens is 3. The van der Waals surface area contributed by atoms with Gasteiger partial charge in [0, 0.05) is 11.0 Å². The molecule has 1 unspecified atom stereocenters. The van der Waals surface area contributed by atoms with Crippen molar-refractivity contribution >= 4 is 11.0 Å². The van der Waals surface area contributed by atoms with Crippen LogP contribution in [0.1, 0.15) is 71.1 Å². The Morgan fingerprint density at radius 2 is 1.33 bits per heavy atom. The van der Waals surface area contributed by atoms with Crippen LogP contribution in [-0.4, -0.2) is 20.1 Å². The molecule has 0 fully saturated rings. The van der Waals surface area contributed by atoms with Crippen molar-refractivity contribution in [2.75, 3.05) is 0 Å². The van der Waals surface area contributed by atoms with Gasteiger partial charge in [0.2, 0.25) is 0 Å². The highest BCUT2D eigenvalue weighted by Gasteiger charge is 2.34. The molecule has 3 aromatic carbocycles. The van der Waals surface area contributed by atoms with Crippen LogP contribution in [-0.2, 0) is 5.41 Å². The van der Waals surface area contributed by atoms with Crippen LogP contribution in [0.3, 0.4) is 0 Å². The van der Waals surface area contributed by atoms with E-state index in [2.05, 4.69) is 72.7 Å². The molecular formula is C29H35N3O. The molecule has 0 saturated heterocycles. The Bertz CT molecular complexity index is 1230. The minimum Gasteiger partial charge on any atom is -0.505 e. The molecule has 1 N–H and O–H groups in total. The van der Waals surface area contributed by atoms with E-state index in [0.717, 1.165) is 22.2 Å². The molecule has 4 nitrogen and oxygen atoms in total. The van der Waals surface area contributed by atoms with Gasteiger partial charge in [-0.05, 0) is 46.6 Å². The van der Waals surface area contributed by atoms with Gasteiger partial charge >= 0.3 is 0 Å². The van der Waals surface area contributed by atoms with Crippen molar-refractivity contribution in [2.24, 2.45) is 11.3 Å². The predicted octanol–water partition coefficient (Wildman–Crippen LogP) is 7.24. The molecule has 0 aliphatic heterocycles. The topological polar surface area (TPSA) is 50.9 Å². The molecule has 172 valence electrons. The fourth-order valence-corrected chi connectivity index (χ4v) is 5.31. The monoisotopic (exact) mass is 441 g/mol. The van der Waals surface area contributed by atoms with Crippen LogP contribution in [0.2, 0.25) is 0 Å². The molecular weight excluding hydrogens is 406 g/mol. The predicted molar refractivity (Wildman–Crippen MR) is 136 cm³/mol. The van der Waals surface area contributed by atoms with Crippen molar-refractivity contribution in [1.82, 2.24) is 15.0 Å². The smallest absolute Gasteiger partial charge is 0.147 e. The van der Waals surface area contributed by atoms with Crippen molar-refractivity contribution < 1.29 is 5.11 Å². The van der Waals surface area contributed by atoms with E-state index >= 15 is 0 Å². The molecule has 0 bridgehead atoms. The first kappa shape index (κ1) is 23.0. The Hall–Kier alpha value is -3.14. The summed E-state index contributed by atoms with van der Waals surface area (Å²) in [6, 6.07) is 22.4. The minimum absolute atomic E-state index is 0.0544. The van der Waals surface area contributed by atoms with Gasteiger partial charge in [-0.3, -0.25) is 0 Å². The maximum absolute atomic E-state index is 11.6. The van der Waals surface area contributed by atoms with E-state index in [-0.39, 0.29) is 11.2 Å². The van der Waals surface area contributed by atoms with Crippen molar-refractivity contribution in [3.05, 3.63) is 83.4 Å². The molecule has 0 aliphatic carbocycles. The van der Waals surface area contributed by atoms with Gasteiger partial charge in [-0.25, -0.2) is 0 Å². The van der Waals surface area contributed by atoms with Gasteiger partial charge in [0.05, 0.1) is 0 Å². The summed E-state index contributed by atoms with van der Waals surface area (Å²) in [7, 11) is 0. The van der Waals surface area contributed by atoms with E-state index < -0.39 is 5.41 Å². The van der Waals surface area contributed by atoms with Gasteiger partial charge in [-0.1, -0.05) is 97.0 Å². The van der Waals surface area contributed by atoms with Crippen LogP contribution in [0, 0.1) is 11.3 Å². The van der Waals surface area contributed by atoms with E-state index in [1.165, 1.54) is 5.56 Å². The molecule has 1 heterocycles. The number of benzene rings is 3. The second kappa shape index (κ2) is 8.33. The lowest BCUT2D eigenvalue weighted by Gasteiger charge is -2.36. The second-order valence-corrected chi connectivity index (χ2v) is 11.0. The Balaban J connectivity index is 2.01. The summed E-state index contributed by atoms with van der Waals surface area (Å²) in [6.07, 6.45) is 0. The van der Waals surface area contributed by atoms with Crippen molar-refractivity contribution in [3.8, 4) is 11.4 Å². The highest BCUT2D eigenvalue weighted by molar-refractivity contribution is 5.74. The zero-order chi connectivity index (χ0) is 24.0. The van der Waals surface area contributed by atoms with E-state index in [9.17, 15) is 5.11 Å². The standard InChI is InChI=1S/C29H35N3O/c1-19(2)26(28(3,4)5)20-17-22(29(6,7)21-13-9-8-10-14-21)27(33)25(18-20)32-30-23-15-11-12-16-24(23)31-32/h8-19,26,33H,1-7H3. The van der Waals surface area contributed by atoms with Crippen molar-refractivity contribution in [1.29, 1.82) is 0 Å². The van der Waals surface area contributed by atoms with E-state index in [4.69, 9.17) is 10.2 Å². The zero-order valence-electron chi connectivity index (χ0n) is 20.8. The summed E-state index contributed by atoms with van der Waals surface area (Å²) in [4.78, 5) is 1.59. The van der Waals surface area contributed by atoms with Gasteiger partial charge in [0.1, 0.15) is 22.5 Å². The molecule has 1 atom stereocenters. The van der Waals surface area contributed by atoms with Crippen LogP contribution in [0.4, 0.5) is 0 Å². The first-order chi connectivity index (χ1) is 15.5. The lowest BCUT2D eigenvalue weighted by atomic mass is 9.69. The quantitative estimate of drug-likeness (QED) is 0.355. The van der Waals surface area contributed by atoms with Crippen molar-refractivity contribution in [2.45, 2.75) is 59.8 Å². The molecule has 0 amide bonds. The summed E-state index contributed by atoms with van der Waals surface area (Å²) in [5.74, 6) is 0.955. The number of aromatic hydroxyl groups is 1. The molecule has 4 heteroatoms. The molecule has 0 saturated carbocycles. The number of rotatable bonds is 5. The van der Waals surface area contributed by atoms with E-state index in [1.807, 2.05) is 42.5 Å². The average Bonchev–Trinajstić information content (AvgIpc) is 3.18. The van der Waals surface area contributed by atoms with Gasteiger partial charge in [0.25, 0.3) is 0 Å². The Labute approximate surface area is 197 Å². The Morgan fingerprint density at radius 3 is 1.85 bits per heavy atom. The third kappa shape index (κ3) is 4.27. The molecule has 4 rings (SSSR count). The molecule has 0 spiro atoms. The fourth-order valence-electron chi connectivity index (χ4n) is 5.31. The van der Waals surface area contributed by atoms with Crippen LogP contribution >= 0.6 is 0 Å². The summed E-state index contributed by atoms with van der Waals surface area (Å²) in [5, 5.41) is 21.0. The average molecular weight is 442 g/mol. The molecule has 33 heavy (non-hydrogen) atoms. The van der Waals surface area contributed by atoms with E-state index in [0.29, 0.717) is 17.5 Å². The lowest BCUT2D eigenvalue weighted by molar-refractivity contribution is 0.257. The van der Waals surface area contributed by atoms with Gasteiger partial charge < -0.3 is 5.11 Å². The lowest BCUT2D eigenvalue weighted by Crippen LogP contribution is -2.25. The number of hydrogen-bond donors (Lipinski definition) is 1. The number of hydrogen-bond acceptors (Lipinski definition) is 3. The first-order valence-corrected chi connectivity index (χ1v) is 11.8. The first-order valence-electron chi connectivity index (χ1n) is 11.8. The third-order valence-electron chi connectivity index (χ3n) is 6.74. The Kier molecular flexibility index (Phi) is 5.81. The largest absolute Gasteiger partial charge is 0.505 e. The SMILES string of the molecule is CC(C)C(c1cc(-n2nc3ccccc3n2)c(O)c(C(C)(C)c2ccccc2)c1)C(C)(C)C. The highest BCUT2D eigenvalue weighted by Crippen LogP contribution is 2.46. The van der Waals surface area contributed by atoms with Gasteiger partial charge in [0.15, 0.2) is 0 Å². The van der Waals surface area contributed by atoms with Gasteiger partial charge in [-0.15, -0.1) is 15.0 Å². The summed E-state index contributed by atoms with van der Waals surface area (Å²) < 4.78 is 0. The minimum atomic E-state index is -0.401. The maximum atomic E-state index is 11.6. The van der Waals surface area contributed by atoms with Gasteiger partial charge in [-0.2, -0.15) is 0 Å². The molecule has 0 aliphatic rings. The van der Waals surface area contributed by atoms with E-state index in [1.54, 1.807) is 4.80 Å².